The summed E-state index contributed by atoms with van der Waals surface area (Å²) in [7, 11) is 1.66. The number of fused-ring (bicyclic) bond motifs is 3. The Morgan fingerprint density at radius 3 is 2.55 bits per heavy atom. The molecule has 0 spiro atoms. The molecule has 0 N–H and O–H groups in total. The second-order valence-electron chi connectivity index (χ2n) is 10.3. The molecular formula is C31H31N3O6S2. The van der Waals surface area contributed by atoms with Crippen LogP contribution in [0.25, 0.3) is 11.0 Å². The molecule has 9 nitrogen and oxygen atoms in total. The molecule has 2 atom stereocenters. The molecule has 1 saturated heterocycles. The average molecular weight is 606 g/mol. The molecule has 0 bridgehead atoms. The number of nitrogens with zero attached hydrogens (tertiary/aromatic N) is 3. The molecule has 2 unspecified atom stereocenters. The molecule has 2 amide bonds. The van der Waals surface area contributed by atoms with Crippen molar-refractivity contribution in [3.8, 4) is 5.75 Å². The summed E-state index contributed by atoms with van der Waals surface area (Å²) in [5, 5.41) is -0.391. The van der Waals surface area contributed by atoms with Gasteiger partial charge in [0.2, 0.25) is 0 Å². The Kier molecular flexibility index (Phi) is 7.71. The number of benzene rings is 2. The first kappa shape index (κ1) is 28.3. The number of imide groups is 1. The summed E-state index contributed by atoms with van der Waals surface area (Å²) in [5.41, 5.74) is 4.02. The zero-order chi connectivity index (χ0) is 29.5. The molecule has 3 aliphatic rings. The third-order valence-electron chi connectivity index (χ3n) is 8.03. The van der Waals surface area contributed by atoms with Gasteiger partial charge >= 0.3 is 5.97 Å². The third kappa shape index (κ3) is 4.84. The van der Waals surface area contributed by atoms with E-state index in [2.05, 4.69) is 29.2 Å². The predicted octanol–water partition coefficient (Wildman–Crippen LogP) is 3.92. The number of carbonyl (C=O) groups is 3. The van der Waals surface area contributed by atoms with Crippen LogP contribution in [0.15, 0.2) is 47.3 Å². The fourth-order valence-corrected chi connectivity index (χ4v) is 8.34. The highest BCUT2D eigenvalue weighted by molar-refractivity contribution is 8.23. The lowest BCUT2D eigenvalue weighted by Crippen LogP contribution is -2.36. The van der Waals surface area contributed by atoms with Gasteiger partial charge in [-0.25, -0.2) is 0 Å². The van der Waals surface area contributed by atoms with E-state index in [9.17, 15) is 19.2 Å². The van der Waals surface area contributed by atoms with Crippen LogP contribution in [0.1, 0.15) is 50.2 Å². The van der Waals surface area contributed by atoms with Gasteiger partial charge in [0.05, 0.1) is 18.2 Å². The second-order valence-corrected chi connectivity index (χ2v) is 12.3. The van der Waals surface area contributed by atoms with Gasteiger partial charge in [0.25, 0.3) is 16.7 Å². The van der Waals surface area contributed by atoms with Gasteiger partial charge in [0, 0.05) is 29.9 Å². The molecule has 2 aliphatic heterocycles. The molecule has 2 aromatic carbocycles. The lowest BCUT2D eigenvalue weighted by atomic mass is 9.96. The number of hydrogen-bond donors (Lipinski definition) is 0. The number of thiazole rings is 1. The molecule has 1 aliphatic carbocycles. The van der Waals surface area contributed by atoms with E-state index in [-0.39, 0.29) is 24.6 Å². The van der Waals surface area contributed by atoms with E-state index in [1.54, 1.807) is 21.0 Å². The van der Waals surface area contributed by atoms with Gasteiger partial charge < -0.3 is 14.4 Å². The van der Waals surface area contributed by atoms with Crippen LogP contribution in [-0.4, -0.2) is 52.9 Å². The maximum Gasteiger partial charge on any atom is 0.326 e. The molecule has 1 aromatic heterocycles. The first-order valence-corrected chi connectivity index (χ1v) is 15.7. The molecule has 1 saturated carbocycles. The normalized spacial score (nSPS) is 21.3. The highest BCUT2D eigenvalue weighted by Crippen LogP contribution is 2.52. The van der Waals surface area contributed by atoms with E-state index in [1.165, 1.54) is 15.8 Å². The summed E-state index contributed by atoms with van der Waals surface area (Å²) in [5.74, 6) is 0.172. The second kappa shape index (κ2) is 11.4. The highest BCUT2D eigenvalue weighted by atomic mass is 32.2. The summed E-state index contributed by atoms with van der Waals surface area (Å²) < 4.78 is 12.4. The number of rotatable bonds is 7. The smallest absolute Gasteiger partial charge is 0.326 e. The molecule has 0 radical (unpaired) electrons. The van der Waals surface area contributed by atoms with Crippen LogP contribution in [0.2, 0.25) is 0 Å². The van der Waals surface area contributed by atoms with Gasteiger partial charge in [-0.05, 0) is 92.1 Å². The first-order chi connectivity index (χ1) is 20.3. The maximum atomic E-state index is 13.6. The topological polar surface area (TPSA) is 98.2 Å². The van der Waals surface area contributed by atoms with Crippen molar-refractivity contribution in [1.82, 2.24) is 9.47 Å². The van der Waals surface area contributed by atoms with Gasteiger partial charge in [-0.15, -0.1) is 11.3 Å². The molecule has 42 heavy (non-hydrogen) atoms. The summed E-state index contributed by atoms with van der Waals surface area (Å²) in [4.78, 5) is 55.2. The van der Waals surface area contributed by atoms with Crippen LogP contribution in [0.4, 0.5) is 16.2 Å². The summed E-state index contributed by atoms with van der Waals surface area (Å²) >= 11 is 1.91. The van der Waals surface area contributed by atoms with E-state index in [0.29, 0.717) is 21.2 Å². The van der Waals surface area contributed by atoms with Gasteiger partial charge in [-0.1, -0.05) is 12.5 Å². The minimum atomic E-state index is -0.580. The molecule has 218 valence electrons. The van der Waals surface area contributed by atoms with E-state index in [1.807, 2.05) is 24.3 Å². The minimum Gasteiger partial charge on any atom is -0.497 e. The molecule has 3 heterocycles. The van der Waals surface area contributed by atoms with Crippen molar-refractivity contribution in [1.29, 1.82) is 0 Å². The minimum absolute atomic E-state index is 0.158. The quantitative estimate of drug-likeness (QED) is 0.374. The highest BCUT2D eigenvalue weighted by Gasteiger charge is 2.42. The molecular weight excluding hydrogens is 574 g/mol. The van der Waals surface area contributed by atoms with Crippen LogP contribution >= 0.6 is 23.1 Å². The van der Waals surface area contributed by atoms with Gasteiger partial charge in [0.1, 0.15) is 21.9 Å². The Morgan fingerprint density at radius 1 is 1.07 bits per heavy atom. The van der Waals surface area contributed by atoms with Crippen molar-refractivity contribution >= 4 is 62.6 Å². The van der Waals surface area contributed by atoms with Crippen molar-refractivity contribution in [2.75, 3.05) is 25.2 Å². The number of aromatic nitrogens is 1. The Morgan fingerprint density at radius 2 is 1.86 bits per heavy atom. The number of carbonyl (C=O) groups excluding carboxylic acids is 3. The predicted molar refractivity (Wildman–Crippen MR) is 164 cm³/mol. The maximum absolute atomic E-state index is 13.6. The van der Waals surface area contributed by atoms with Crippen LogP contribution in [0.3, 0.4) is 0 Å². The lowest BCUT2D eigenvalue weighted by molar-refractivity contribution is -0.143. The fourth-order valence-electron chi connectivity index (χ4n) is 6.16. The number of hydrogen-bond acceptors (Lipinski definition) is 9. The van der Waals surface area contributed by atoms with Crippen LogP contribution in [0, 0.1) is 0 Å². The van der Waals surface area contributed by atoms with Crippen LogP contribution in [0.5, 0.6) is 5.75 Å². The summed E-state index contributed by atoms with van der Waals surface area (Å²) in [6, 6.07) is 14.8. The Hall–Kier alpha value is -3.83. The van der Waals surface area contributed by atoms with Crippen molar-refractivity contribution in [3.05, 3.63) is 73.1 Å². The van der Waals surface area contributed by atoms with Gasteiger partial charge in [0.15, 0.2) is 0 Å². The van der Waals surface area contributed by atoms with E-state index >= 15 is 0 Å². The van der Waals surface area contributed by atoms with Gasteiger partial charge in [-0.3, -0.25) is 28.6 Å². The van der Waals surface area contributed by atoms with Crippen molar-refractivity contribution < 1.29 is 23.9 Å². The number of thioether (sulfide) groups is 1. The summed E-state index contributed by atoms with van der Waals surface area (Å²) in [6.07, 6.45) is 5.17. The van der Waals surface area contributed by atoms with Crippen molar-refractivity contribution in [3.63, 3.8) is 0 Å². The third-order valence-corrected chi connectivity index (χ3v) is 10.3. The lowest BCUT2D eigenvalue weighted by Gasteiger charge is -2.27. The number of ether oxygens (including phenoxy) is 2. The SMILES string of the molecule is CCOC(=O)Cn1c(=O)/c(=C\c2ccc3c(c2)C2CCCC2N3c2ccc(OC)cc2)s/c1=C1/SC(=O)N(CC)C1=O. The largest absolute Gasteiger partial charge is 0.497 e. The Balaban J connectivity index is 1.44. The van der Waals surface area contributed by atoms with Crippen molar-refractivity contribution in [2.45, 2.75) is 51.6 Å². The Bertz CT molecular complexity index is 1760. The van der Waals surface area contributed by atoms with E-state index < -0.39 is 22.7 Å². The molecule has 3 aromatic rings. The van der Waals surface area contributed by atoms with E-state index in [0.717, 1.165) is 64.3 Å². The standard InChI is InChI=1S/C31H31N3O6S2/c1-4-32-29(37)27(42-31(32)38)30-33(17-26(35)40-5-2)28(36)25(41-30)16-18-9-14-24-22(15-18)21-7-6-8-23(21)34(24)19-10-12-20(39-3)13-11-19/h9-16,21,23H,4-8,17H2,1-3H3/b25-16+,30-27+. The monoisotopic (exact) mass is 605 g/mol. The zero-order valence-electron chi connectivity index (χ0n) is 23.6. The number of esters is 1. The van der Waals surface area contributed by atoms with E-state index in [4.69, 9.17) is 9.47 Å². The zero-order valence-corrected chi connectivity index (χ0v) is 25.3. The summed E-state index contributed by atoms with van der Waals surface area (Å²) in [6.45, 7) is 3.47. The number of amides is 2. The average Bonchev–Trinajstić information content (AvgIpc) is 3.72. The molecule has 11 heteroatoms. The number of anilines is 2. The fraction of sp³-hybridized carbons (Fsp3) is 0.355. The Labute approximate surface area is 251 Å². The first-order valence-electron chi connectivity index (χ1n) is 14.1. The van der Waals surface area contributed by atoms with Crippen LogP contribution < -0.4 is 24.4 Å². The molecule has 6 rings (SSSR count). The number of methoxy groups -OCH3 is 1. The molecule has 2 fully saturated rings. The van der Waals surface area contributed by atoms with Crippen molar-refractivity contribution in [2.24, 2.45) is 0 Å². The van der Waals surface area contributed by atoms with Gasteiger partial charge in [-0.2, -0.15) is 0 Å². The van der Waals surface area contributed by atoms with Crippen LogP contribution in [-0.2, 0) is 20.9 Å².